The summed E-state index contributed by atoms with van der Waals surface area (Å²) in [7, 11) is 0. The minimum absolute atomic E-state index is 0. The number of nitrogens with zero attached hydrogens (tertiary/aromatic N) is 1. The Morgan fingerprint density at radius 1 is 1.10 bits per heavy atom. The first-order valence-electron chi connectivity index (χ1n) is 10.1. The van der Waals surface area contributed by atoms with Crippen LogP contribution in [-0.4, -0.2) is 31.8 Å². The summed E-state index contributed by atoms with van der Waals surface area (Å²) in [6, 6.07) is 14.8. The maximum absolute atomic E-state index is 6.19. The number of aryl methyl sites for hydroxylation is 2. The van der Waals surface area contributed by atoms with Crippen LogP contribution in [0.5, 0.6) is 5.75 Å². The molecule has 2 N–H and O–H groups in total. The molecule has 0 spiro atoms. The first-order chi connectivity index (χ1) is 13.6. The predicted molar refractivity (Wildman–Crippen MR) is 129 cm³/mol. The van der Waals surface area contributed by atoms with E-state index >= 15 is 0 Å². The van der Waals surface area contributed by atoms with Gasteiger partial charge in [0.05, 0.1) is 19.8 Å². The van der Waals surface area contributed by atoms with E-state index in [1.807, 2.05) is 0 Å². The summed E-state index contributed by atoms with van der Waals surface area (Å²) in [6.07, 6.45) is 1.09. The van der Waals surface area contributed by atoms with Crippen LogP contribution in [0.2, 0.25) is 0 Å². The molecule has 5 nitrogen and oxygen atoms in total. The summed E-state index contributed by atoms with van der Waals surface area (Å²) in [6.45, 7) is 9.82. The molecule has 1 unspecified atom stereocenters. The van der Waals surface area contributed by atoms with Crippen molar-refractivity contribution in [2.45, 2.75) is 46.4 Å². The number of rotatable bonds is 7. The zero-order chi connectivity index (χ0) is 19.8. The predicted octanol–water partition coefficient (Wildman–Crippen LogP) is 4.34. The van der Waals surface area contributed by atoms with Crippen molar-refractivity contribution in [2.24, 2.45) is 4.99 Å². The van der Waals surface area contributed by atoms with Crippen LogP contribution in [0.15, 0.2) is 47.5 Å². The molecular formula is C23H32IN3O2. The fourth-order valence-electron chi connectivity index (χ4n) is 3.09. The van der Waals surface area contributed by atoms with Gasteiger partial charge in [-0.3, -0.25) is 0 Å². The Bertz CT molecular complexity index is 787. The molecule has 0 aromatic heterocycles. The highest BCUT2D eigenvalue weighted by molar-refractivity contribution is 14.0. The van der Waals surface area contributed by atoms with E-state index in [9.17, 15) is 0 Å². The summed E-state index contributed by atoms with van der Waals surface area (Å²) in [5, 5.41) is 6.75. The van der Waals surface area contributed by atoms with Gasteiger partial charge in [0.1, 0.15) is 11.9 Å². The average Bonchev–Trinajstić information content (AvgIpc) is 3.19. The molecule has 1 aliphatic rings. The Morgan fingerprint density at radius 3 is 2.55 bits per heavy atom. The lowest BCUT2D eigenvalue weighted by Gasteiger charge is -2.18. The molecule has 0 radical (unpaired) electrons. The fraction of sp³-hybridized carbons (Fsp3) is 0.435. The van der Waals surface area contributed by atoms with Crippen LogP contribution in [0.25, 0.3) is 0 Å². The van der Waals surface area contributed by atoms with Gasteiger partial charge in [-0.1, -0.05) is 42.0 Å². The Hall–Kier alpha value is -1.80. The van der Waals surface area contributed by atoms with Crippen molar-refractivity contribution in [3.63, 3.8) is 0 Å². The number of ether oxygens (including phenoxy) is 2. The van der Waals surface area contributed by atoms with Crippen molar-refractivity contribution in [1.29, 1.82) is 0 Å². The van der Waals surface area contributed by atoms with Crippen molar-refractivity contribution in [3.8, 4) is 5.75 Å². The van der Waals surface area contributed by atoms with Crippen LogP contribution in [0.4, 0.5) is 0 Å². The second kappa shape index (κ2) is 12.0. The topological polar surface area (TPSA) is 54.9 Å². The zero-order valence-electron chi connectivity index (χ0n) is 17.5. The van der Waals surface area contributed by atoms with E-state index in [0.29, 0.717) is 19.7 Å². The number of halogens is 1. The number of hydrogen-bond acceptors (Lipinski definition) is 3. The third-order valence-corrected chi connectivity index (χ3v) is 4.74. The first kappa shape index (κ1) is 23.5. The van der Waals surface area contributed by atoms with Gasteiger partial charge in [0, 0.05) is 25.1 Å². The van der Waals surface area contributed by atoms with Crippen molar-refractivity contribution in [2.75, 3.05) is 19.8 Å². The summed E-state index contributed by atoms with van der Waals surface area (Å²) >= 11 is 0. The zero-order valence-corrected chi connectivity index (χ0v) is 19.9. The number of guanidine groups is 1. The fourth-order valence-corrected chi connectivity index (χ4v) is 3.09. The maximum Gasteiger partial charge on any atom is 0.191 e. The first-order valence-corrected chi connectivity index (χ1v) is 10.1. The molecule has 0 saturated carbocycles. The van der Waals surface area contributed by atoms with Crippen LogP contribution in [0.3, 0.4) is 0 Å². The summed E-state index contributed by atoms with van der Waals surface area (Å²) < 4.78 is 11.6. The van der Waals surface area contributed by atoms with Gasteiger partial charge in [-0.25, -0.2) is 4.99 Å². The van der Waals surface area contributed by atoms with Gasteiger partial charge in [0.2, 0.25) is 0 Å². The molecule has 6 heteroatoms. The van der Waals surface area contributed by atoms with E-state index < -0.39 is 0 Å². The molecule has 1 heterocycles. The third-order valence-electron chi connectivity index (χ3n) is 4.74. The summed E-state index contributed by atoms with van der Waals surface area (Å²) in [5.74, 6) is 1.73. The molecule has 158 valence electrons. The van der Waals surface area contributed by atoms with E-state index in [2.05, 4.69) is 73.9 Å². The van der Waals surface area contributed by atoms with Crippen LogP contribution in [0.1, 0.15) is 35.6 Å². The Balaban J connectivity index is 0.00000300. The molecule has 1 aliphatic heterocycles. The monoisotopic (exact) mass is 509 g/mol. The van der Waals surface area contributed by atoms with E-state index in [1.54, 1.807) is 0 Å². The molecule has 1 fully saturated rings. The molecule has 0 bridgehead atoms. The SMILES string of the molecule is CCNC(=NCc1ccc(C)cc1)NCc1ccc(C)cc1OC1CCOC1.I. The number of aliphatic imine (C=N–C) groups is 1. The van der Waals surface area contributed by atoms with Gasteiger partial charge >= 0.3 is 0 Å². The van der Waals surface area contributed by atoms with Gasteiger partial charge in [-0.05, 0) is 38.0 Å². The van der Waals surface area contributed by atoms with Crippen LogP contribution < -0.4 is 15.4 Å². The Kier molecular flexibility index (Phi) is 9.73. The highest BCUT2D eigenvalue weighted by atomic mass is 127. The number of hydrogen-bond donors (Lipinski definition) is 2. The van der Waals surface area contributed by atoms with Crippen molar-refractivity contribution < 1.29 is 9.47 Å². The third kappa shape index (κ3) is 7.51. The Labute approximate surface area is 191 Å². The summed E-state index contributed by atoms with van der Waals surface area (Å²) in [4.78, 5) is 4.71. The molecule has 3 rings (SSSR count). The molecule has 0 aliphatic carbocycles. The Morgan fingerprint density at radius 2 is 1.86 bits per heavy atom. The molecule has 2 aromatic rings. The lowest BCUT2D eigenvalue weighted by Crippen LogP contribution is -2.37. The van der Waals surface area contributed by atoms with Crippen molar-refractivity contribution >= 4 is 29.9 Å². The van der Waals surface area contributed by atoms with E-state index in [1.165, 1.54) is 16.7 Å². The maximum atomic E-state index is 6.19. The largest absolute Gasteiger partial charge is 0.488 e. The molecule has 0 amide bonds. The molecule has 1 saturated heterocycles. The van der Waals surface area contributed by atoms with E-state index in [4.69, 9.17) is 14.5 Å². The number of nitrogens with one attached hydrogen (secondary N) is 2. The molecule has 29 heavy (non-hydrogen) atoms. The van der Waals surface area contributed by atoms with Crippen LogP contribution in [-0.2, 0) is 17.8 Å². The van der Waals surface area contributed by atoms with E-state index in [-0.39, 0.29) is 30.1 Å². The lowest BCUT2D eigenvalue weighted by molar-refractivity contribution is 0.140. The summed E-state index contributed by atoms with van der Waals surface area (Å²) in [5.41, 5.74) is 4.77. The number of benzene rings is 2. The molecular weight excluding hydrogens is 477 g/mol. The van der Waals surface area contributed by atoms with Gasteiger partial charge in [-0.2, -0.15) is 0 Å². The standard InChI is InChI=1S/C23H31N3O2.HI/c1-4-24-23(25-14-19-8-5-17(2)6-9-19)26-15-20-10-7-18(3)13-22(20)28-21-11-12-27-16-21;/h5-10,13,21H,4,11-12,14-16H2,1-3H3,(H2,24,25,26);1H. The minimum Gasteiger partial charge on any atom is -0.488 e. The average molecular weight is 509 g/mol. The second-order valence-electron chi connectivity index (χ2n) is 7.25. The van der Waals surface area contributed by atoms with Gasteiger partial charge in [0.15, 0.2) is 5.96 Å². The quantitative estimate of drug-likeness (QED) is 0.331. The molecule has 2 aromatic carbocycles. The molecule has 1 atom stereocenters. The van der Waals surface area contributed by atoms with Crippen molar-refractivity contribution in [1.82, 2.24) is 10.6 Å². The van der Waals surface area contributed by atoms with Gasteiger partial charge < -0.3 is 20.1 Å². The second-order valence-corrected chi connectivity index (χ2v) is 7.25. The highest BCUT2D eigenvalue weighted by Gasteiger charge is 2.18. The van der Waals surface area contributed by atoms with E-state index in [0.717, 1.165) is 36.8 Å². The highest BCUT2D eigenvalue weighted by Crippen LogP contribution is 2.23. The van der Waals surface area contributed by atoms with Crippen molar-refractivity contribution in [3.05, 3.63) is 64.7 Å². The lowest BCUT2D eigenvalue weighted by atomic mass is 10.1. The normalized spacial score (nSPS) is 16.2. The van der Waals surface area contributed by atoms with Crippen LogP contribution >= 0.6 is 24.0 Å². The minimum atomic E-state index is 0. The smallest absolute Gasteiger partial charge is 0.191 e. The van der Waals surface area contributed by atoms with Gasteiger partial charge in [0.25, 0.3) is 0 Å². The van der Waals surface area contributed by atoms with Crippen LogP contribution in [0, 0.1) is 13.8 Å². The van der Waals surface area contributed by atoms with Gasteiger partial charge in [-0.15, -0.1) is 24.0 Å².